The van der Waals surface area contributed by atoms with Gasteiger partial charge in [-0.05, 0) is 36.8 Å². The topological polar surface area (TPSA) is 54.3 Å². The fourth-order valence-corrected chi connectivity index (χ4v) is 2.09. The average Bonchev–Trinajstić information content (AvgIpc) is 2.99. The molecule has 5 heteroatoms. The van der Waals surface area contributed by atoms with Crippen LogP contribution in [0.3, 0.4) is 0 Å². The van der Waals surface area contributed by atoms with Gasteiger partial charge in [-0.15, -0.1) is 0 Å². The third-order valence-corrected chi connectivity index (χ3v) is 3.48. The molecule has 0 fully saturated rings. The standard InChI is InChI=1S/C15H17ClN2O2/c1-11(18-8-2-3-9-18)15(20)17-14(10-19)12-4-6-13(16)7-5-12/h2-9,11,14,19H,10H2,1H3,(H,17,20). The SMILES string of the molecule is CC(C(=O)NC(CO)c1ccc(Cl)cc1)n1cccc1. The van der Waals surface area contributed by atoms with E-state index in [9.17, 15) is 9.90 Å². The van der Waals surface area contributed by atoms with Crippen LogP contribution in [-0.2, 0) is 4.79 Å². The largest absolute Gasteiger partial charge is 0.394 e. The number of aromatic nitrogens is 1. The summed E-state index contributed by atoms with van der Waals surface area (Å²) in [7, 11) is 0. The first-order chi connectivity index (χ1) is 9.61. The van der Waals surface area contributed by atoms with Gasteiger partial charge in [0.2, 0.25) is 5.91 Å². The maximum atomic E-state index is 12.2. The molecule has 20 heavy (non-hydrogen) atoms. The number of benzene rings is 1. The summed E-state index contributed by atoms with van der Waals surface area (Å²) in [5.41, 5.74) is 0.824. The van der Waals surface area contributed by atoms with E-state index in [1.54, 1.807) is 24.3 Å². The third-order valence-electron chi connectivity index (χ3n) is 3.23. The predicted molar refractivity (Wildman–Crippen MR) is 78.6 cm³/mol. The molecule has 0 aliphatic heterocycles. The highest BCUT2D eigenvalue weighted by atomic mass is 35.5. The van der Waals surface area contributed by atoms with Crippen LogP contribution in [0.1, 0.15) is 24.6 Å². The van der Waals surface area contributed by atoms with Gasteiger partial charge in [-0.2, -0.15) is 0 Å². The zero-order chi connectivity index (χ0) is 14.5. The van der Waals surface area contributed by atoms with E-state index >= 15 is 0 Å². The van der Waals surface area contributed by atoms with Crippen molar-refractivity contribution in [1.82, 2.24) is 9.88 Å². The summed E-state index contributed by atoms with van der Waals surface area (Å²) in [4.78, 5) is 12.2. The Hall–Kier alpha value is -1.78. The summed E-state index contributed by atoms with van der Waals surface area (Å²) in [5, 5.41) is 12.9. The van der Waals surface area contributed by atoms with E-state index in [4.69, 9.17) is 11.6 Å². The van der Waals surface area contributed by atoms with Crippen molar-refractivity contribution in [3.8, 4) is 0 Å². The molecule has 1 aromatic carbocycles. The van der Waals surface area contributed by atoms with Crippen molar-refractivity contribution >= 4 is 17.5 Å². The van der Waals surface area contributed by atoms with Crippen LogP contribution in [0.2, 0.25) is 5.02 Å². The minimum Gasteiger partial charge on any atom is -0.394 e. The van der Waals surface area contributed by atoms with E-state index in [1.165, 1.54) is 0 Å². The normalized spacial score (nSPS) is 13.8. The second-order valence-electron chi connectivity index (χ2n) is 4.60. The number of halogens is 1. The molecule has 2 N–H and O–H groups in total. The van der Waals surface area contributed by atoms with Crippen LogP contribution in [-0.4, -0.2) is 22.2 Å². The molecule has 2 atom stereocenters. The summed E-state index contributed by atoms with van der Waals surface area (Å²) in [6.07, 6.45) is 3.67. The Balaban J connectivity index is 2.06. The van der Waals surface area contributed by atoms with Crippen molar-refractivity contribution in [2.75, 3.05) is 6.61 Å². The molecule has 106 valence electrons. The lowest BCUT2D eigenvalue weighted by Gasteiger charge is -2.20. The van der Waals surface area contributed by atoms with Crippen molar-refractivity contribution in [3.05, 3.63) is 59.4 Å². The average molecular weight is 293 g/mol. The van der Waals surface area contributed by atoms with Crippen LogP contribution < -0.4 is 5.32 Å². The number of rotatable bonds is 5. The minimum atomic E-state index is -0.433. The highest BCUT2D eigenvalue weighted by Crippen LogP contribution is 2.17. The summed E-state index contributed by atoms with van der Waals surface area (Å²) >= 11 is 5.83. The monoisotopic (exact) mass is 292 g/mol. The molecule has 2 aromatic rings. The number of hydrogen-bond donors (Lipinski definition) is 2. The highest BCUT2D eigenvalue weighted by molar-refractivity contribution is 6.30. The van der Waals surface area contributed by atoms with Gasteiger partial charge in [0.15, 0.2) is 0 Å². The summed E-state index contributed by atoms with van der Waals surface area (Å²) < 4.78 is 1.81. The lowest BCUT2D eigenvalue weighted by atomic mass is 10.1. The van der Waals surface area contributed by atoms with Crippen LogP contribution in [0.5, 0.6) is 0 Å². The van der Waals surface area contributed by atoms with Crippen LogP contribution in [0.25, 0.3) is 0 Å². The van der Waals surface area contributed by atoms with E-state index in [1.807, 2.05) is 36.0 Å². The summed E-state index contributed by atoms with van der Waals surface area (Å²) in [6.45, 7) is 1.65. The van der Waals surface area contributed by atoms with E-state index in [0.29, 0.717) is 5.02 Å². The Morgan fingerprint density at radius 2 is 1.90 bits per heavy atom. The van der Waals surface area contributed by atoms with Gasteiger partial charge in [0, 0.05) is 17.4 Å². The van der Waals surface area contributed by atoms with Crippen molar-refractivity contribution < 1.29 is 9.90 Å². The molecule has 1 amide bonds. The number of aliphatic hydroxyl groups excluding tert-OH is 1. The maximum Gasteiger partial charge on any atom is 0.243 e. The molecular formula is C15H17ClN2O2. The molecular weight excluding hydrogens is 276 g/mol. The number of carbonyl (C=O) groups is 1. The molecule has 0 bridgehead atoms. The lowest BCUT2D eigenvalue weighted by Crippen LogP contribution is -2.35. The fourth-order valence-electron chi connectivity index (χ4n) is 1.96. The first kappa shape index (κ1) is 14.6. The molecule has 1 aromatic heterocycles. The van der Waals surface area contributed by atoms with Gasteiger partial charge in [0.05, 0.1) is 12.6 Å². The predicted octanol–water partition coefficient (Wildman–Crippen LogP) is 2.55. The van der Waals surface area contributed by atoms with Crippen molar-refractivity contribution in [3.63, 3.8) is 0 Å². The zero-order valence-corrected chi connectivity index (χ0v) is 11.9. The quantitative estimate of drug-likeness (QED) is 0.890. The highest BCUT2D eigenvalue weighted by Gasteiger charge is 2.19. The summed E-state index contributed by atoms with van der Waals surface area (Å²) in [5.74, 6) is -0.143. The first-order valence-electron chi connectivity index (χ1n) is 6.41. The maximum absolute atomic E-state index is 12.2. The van der Waals surface area contributed by atoms with Crippen molar-refractivity contribution in [2.45, 2.75) is 19.0 Å². The minimum absolute atomic E-state index is 0.143. The molecule has 0 aliphatic carbocycles. The van der Waals surface area contributed by atoms with Crippen molar-refractivity contribution in [1.29, 1.82) is 0 Å². The van der Waals surface area contributed by atoms with Crippen LogP contribution in [0, 0.1) is 0 Å². The van der Waals surface area contributed by atoms with Crippen molar-refractivity contribution in [2.24, 2.45) is 0 Å². The van der Waals surface area contributed by atoms with Crippen LogP contribution in [0.15, 0.2) is 48.8 Å². The number of hydrogen-bond acceptors (Lipinski definition) is 2. The molecule has 0 aliphatic rings. The van der Waals surface area contributed by atoms with E-state index in [0.717, 1.165) is 5.56 Å². The van der Waals surface area contributed by atoms with Gasteiger partial charge in [-0.25, -0.2) is 0 Å². The summed E-state index contributed by atoms with van der Waals surface area (Å²) in [6, 6.07) is 10.0. The molecule has 1 heterocycles. The molecule has 0 saturated carbocycles. The number of carbonyl (C=O) groups excluding carboxylic acids is 1. The Labute approximate surface area is 123 Å². The Bertz CT molecular complexity index is 552. The van der Waals surface area contributed by atoms with Gasteiger partial charge < -0.3 is 15.0 Å². The Morgan fingerprint density at radius 1 is 1.30 bits per heavy atom. The first-order valence-corrected chi connectivity index (χ1v) is 6.78. The zero-order valence-electron chi connectivity index (χ0n) is 11.2. The van der Waals surface area contributed by atoms with Crippen LogP contribution in [0.4, 0.5) is 0 Å². The molecule has 2 rings (SSSR count). The van der Waals surface area contributed by atoms with Gasteiger partial charge in [0.25, 0.3) is 0 Å². The number of nitrogens with one attached hydrogen (secondary N) is 1. The Kier molecular flexibility index (Phi) is 4.82. The van der Waals surface area contributed by atoms with Gasteiger partial charge in [-0.3, -0.25) is 4.79 Å². The molecule has 0 radical (unpaired) electrons. The second-order valence-corrected chi connectivity index (χ2v) is 5.04. The smallest absolute Gasteiger partial charge is 0.243 e. The number of amides is 1. The molecule has 2 unspecified atom stereocenters. The fraction of sp³-hybridized carbons (Fsp3) is 0.267. The van der Waals surface area contributed by atoms with Gasteiger partial charge in [-0.1, -0.05) is 23.7 Å². The molecule has 0 saturated heterocycles. The third kappa shape index (κ3) is 3.40. The van der Waals surface area contributed by atoms with Crippen LogP contribution >= 0.6 is 11.6 Å². The van der Waals surface area contributed by atoms with Gasteiger partial charge >= 0.3 is 0 Å². The second kappa shape index (κ2) is 6.59. The number of aliphatic hydroxyl groups is 1. The van der Waals surface area contributed by atoms with E-state index in [2.05, 4.69) is 5.32 Å². The number of nitrogens with zero attached hydrogens (tertiary/aromatic N) is 1. The van der Waals surface area contributed by atoms with E-state index < -0.39 is 6.04 Å². The molecule has 0 spiro atoms. The van der Waals surface area contributed by atoms with Gasteiger partial charge in [0.1, 0.15) is 6.04 Å². The Morgan fingerprint density at radius 3 is 2.45 bits per heavy atom. The lowest BCUT2D eigenvalue weighted by molar-refractivity contribution is -0.125. The molecule has 4 nitrogen and oxygen atoms in total. The van der Waals surface area contributed by atoms with E-state index in [-0.39, 0.29) is 18.6 Å².